The minimum atomic E-state index is -1.23. The molecule has 1 atom stereocenters. The number of anilines is 1. The van der Waals surface area contributed by atoms with Crippen LogP contribution in [0.15, 0.2) is 47.5 Å². The summed E-state index contributed by atoms with van der Waals surface area (Å²) in [6, 6.07) is 9.41. The van der Waals surface area contributed by atoms with E-state index < -0.39 is 11.4 Å². The molecule has 1 aromatic carbocycles. The quantitative estimate of drug-likeness (QED) is 0.397. The van der Waals surface area contributed by atoms with Gasteiger partial charge in [-0.3, -0.25) is 9.59 Å². The Morgan fingerprint density at radius 1 is 1.18 bits per heavy atom. The van der Waals surface area contributed by atoms with Gasteiger partial charge in [-0.1, -0.05) is 27.7 Å². The summed E-state index contributed by atoms with van der Waals surface area (Å²) in [4.78, 5) is 42.6. The molecular formula is C31H38N4O5. The number of aromatic nitrogens is 2. The zero-order valence-corrected chi connectivity index (χ0v) is 24.1. The van der Waals surface area contributed by atoms with Crippen molar-refractivity contribution in [1.82, 2.24) is 14.9 Å². The van der Waals surface area contributed by atoms with Gasteiger partial charge in [0.1, 0.15) is 17.1 Å². The van der Waals surface area contributed by atoms with Crippen molar-refractivity contribution in [2.75, 3.05) is 31.6 Å². The number of hydrogen-bond donors (Lipinski definition) is 2. The summed E-state index contributed by atoms with van der Waals surface area (Å²) in [6.45, 7) is 12.0. The fourth-order valence-corrected chi connectivity index (χ4v) is 5.35. The third-order valence-corrected chi connectivity index (χ3v) is 7.39. The topological polar surface area (TPSA) is 114 Å². The molecule has 9 nitrogen and oxygen atoms in total. The third-order valence-electron chi connectivity index (χ3n) is 7.39. The molecule has 9 heteroatoms. The maximum Gasteiger partial charge on any atom is 0.341 e. The number of hydrogen-bond acceptors (Lipinski definition) is 6. The molecule has 0 aliphatic carbocycles. The van der Waals surface area contributed by atoms with Crippen LogP contribution >= 0.6 is 0 Å². The number of carbonyl (C=O) groups excluding carboxylic acids is 1. The zero-order chi connectivity index (χ0) is 29.2. The minimum Gasteiger partial charge on any atom is -0.496 e. The van der Waals surface area contributed by atoms with Gasteiger partial charge in [0.25, 0.3) is 0 Å². The number of nitrogens with one attached hydrogen (secondary N) is 1. The van der Waals surface area contributed by atoms with Gasteiger partial charge in [0, 0.05) is 67.8 Å². The van der Waals surface area contributed by atoms with Crippen molar-refractivity contribution in [3.8, 4) is 28.1 Å². The lowest BCUT2D eigenvalue weighted by molar-refractivity contribution is -0.118. The molecule has 2 aromatic heterocycles. The number of amides is 1. The molecule has 0 saturated heterocycles. The highest BCUT2D eigenvalue weighted by atomic mass is 16.5. The van der Waals surface area contributed by atoms with E-state index in [1.807, 2.05) is 29.0 Å². The average Bonchev–Trinajstić information content (AvgIpc) is 2.90. The van der Waals surface area contributed by atoms with E-state index >= 15 is 0 Å². The van der Waals surface area contributed by atoms with Crippen LogP contribution in [0.1, 0.15) is 63.0 Å². The SMILES string of the molecule is CCCN(CCNC(C)=O)c1ccc(-c2cc3c(cc2OC)-c2cc(=O)c(C(=O)O)cn2C(C(C)(C)C)C3)cn1. The molecule has 0 spiro atoms. The molecular weight excluding hydrogens is 508 g/mol. The van der Waals surface area contributed by atoms with Crippen LogP contribution < -0.4 is 20.4 Å². The summed E-state index contributed by atoms with van der Waals surface area (Å²) >= 11 is 0. The second-order valence-corrected chi connectivity index (χ2v) is 11.3. The number of pyridine rings is 2. The highest BCUT2D eigenvalue weighted by Gasteiger charge is 2.34. The van der Waals surface area contributed by atoms with Crippen LogP contribution in [-0.4, -0.2) is 53.3 Å². The van der Waals surface area contributed by atoms with E-state index in [1.54, 1.807) is 7.11 Å². The first-order chi connectivity index (χ1) is 18.9. The van der Waals surface area contributed by atoms with E-state index in [-0.39, 0.29) is 22.9 Å². The fraction of sp³-hybridized carbons (Fsp3) is 0.419. The van der Waals surface area contributed by atoms with E-state index in [4.69, 9.17) is 9.72 Å². The van der Waals surface area contributed by atoms with Crippen molar-refractivity contribution in [3.63, 3.8) is 0 Å². The molecule has 0 radical (unpaired) electrons. The lowest BCUT2D eigenvalue weighted by atomic mass is 9.78. The first kappa shape index (κ1) is 28.9. The molecule has 2 N–H and O–H groups in total. The molecule has 1 aliphatic heterocycles. The molecule has 3 aromatic rings. The normalized spacial score (nSPS) is 14.2. The largest absolute Gasteiger partial charge is 0.496 e. The van der Waals surface area contributed by atoms with E-state index in [1.165, 1.54) is 19.2 Å². The Morgan fingerprint density at radius 2 is 1.93 bits per heavy atom. The molecule has 40 heavy (non-hydrogen) atoms. The molecule has 1 amide bonds. The van der Waals surface area contributed by atoms with Gasteiger partial charge in [-0.15, -0.1) is 0 Å². The van der Waals surface area contributed by atoms with Gasteiger partial charge in [0.2, 0.25) is 5.91 Å². The highest BCUT2D eigenvalue weighted by Crippen LogP contribution is 2.45. The lowest BCUT2D eigenvalue weighted by Gasteiger charge is -2.39. The Bertz CT molecular complexity index is 1470. The van der Waals surface area contributed by atoms with Crippen LogP contribution in [0.3, 0.4) is 0 Å². The van der Waals surface area contributed by atoms with Crippen molar-refractivity contribution < 1.29 is 19.4 Å². The maximum absolute atomic E-state index is 12.7. The Kier molecular flexibility index (Phi) is 8.32. The van der Waals surface area contributed by atoms with Crippen LogP contribution in [0.25, 0.3) is 22.4 Å². The predicted molar refractivity (Wildman–Crippen MR) is 156 cm³/mol. The number of fused-ring (bicyclic) bond motifs is 3. The standard InChI is InChI=1S/C31H38N4O5/c1-7-11-34(12-10-32-19(2)36)29-9-8-20(17-33-29)23-13-21-14-28(31(3,4)5)35-18-24(30(38)39)26(37)16-25(35)22(21)15-27(23)40-6/h8-9,13,15-18,28H,7,10-12,14H2,1-6H3,(H,32,36)(H,38,39). The zero-order valence-electron chi connectivity index (χ0n) is 24.1. The average molecular weight is 547 g/mol. The van der Waals surface area contributed by atoms with Crippen LogP contribution in [0.4, 0.5) is 5.82 Å². The van der Waals surface area contributed by atoms with Crippen LogP contribution in [0.5, 0.6) is 5.75 Å². The third kappa shape index (κ3) is 5.88. The summed E-state index contributed by atoms with van der Waals surface area (Å²) in [7, 11) is 1.61. The first-order valence-corrected chi connectivity index (χ1v) is 13.6. The summed E-state index contributed by atoms with van der Waals surface area (Å²) in [5.74, 6) is 0.195. The summed E-state index contributed by atoms with van der Waals surface area (Å²) in [5, 5.41) is 12.4. The number of rotatable bonds is 9. The van der Waals surface area contributed by atoms with Crippen molar-refractivity contribution in [1.29, 1.82) is 0 Å². The van der Waals surface area contributed by atoms with E-state index in [0.717, 1.165) is 41.0 Å². The number of aromatic carboxylic acids is 1. The molecule has 3 heterocycles. The van der Waals surface area contributed by atoms with Crippen LogP contribution in [0, 0.1) is 5.41 Å². The number of nitrogens with zero attached hydrogens (tertiary/aromatic N) is 3. The number of carboxylic acid groups (broad SMARTS) is 1. The van der Waals surface area contributed by atoms with Crippen molar-refractivity contribution in [2.45, 2.75) is 53.5 Å². The van der Waals surface area contributed by atoms with Crippen molar-refractivity contribution >= 4 is 17.7 Å². The fourth-order valence-electron chi connectivity index (χ4n) is 5.35. The summed E-state index contributed by atoms with van der Waals surface area (Å²) in [6.07, 6.45) is 4.94. The lowest BCUT2D eigenvalue weighted by Crippen LogP contribution is -2.34. The van der Waals surface area contributed by atoms with Crippen molar-refractivity contribution in [2.24, 2.45) is 5.41 Å². The smallest absolute Gasteiger partial charge is 0.341 e. The second-order valence-electron chi connectivity index (χ2n) is 11.3. The van der Waals surface area contributed by atoms with E-state index in [2.05, 4.69) is 44.0 Å². The van der Waals surface area contributed by atoms with Gasteiger partial charge >= 0.3 is 5.97 Å². The molecule has 1 unspecified atom stereocenters. The van der Waals surface area contributed by atoms with Gasteiger partial charge in [-0.25, -0.2) is 9.78 Å². The van der Waals surface area contributed by atoms with Gasteiger partial charge < -0.3 is 24.6 Å². The molecule has 212 valence electrons. The maximum atomic E-state index is 12.7. The molecule has 4 rings (SSSR count). The number of carbonyl (C=O) groups is 2. The van der Waals surface area contributed by atoms with Gasteiger partial charge in [0.15, 0.2) is 5.43 Å². The molecule has 0 fully saturated rings. The molecule has 0 bridgehead atoms. The summed E-state index contributed by atoms with van der Waals surface area (Å²) in [5.41, 5.74) is 3.45. The Balaban J connectivity index is 1.76. The van der Waals surface area contributed by atoms with E-state index in [0.29, 0.717) is 31.0 Å². The first-order valence-electron chi connectivity index (χ1n) is 13.6. The van der Waals surface area contributed by atoms with Gasteiger partial charge in [-0.05, 0) is 48.1 Å². The van der Waals surface area contributed by atoms with Gasteiger partial charge in [0.05, 0.1) is 12.8 Å². The van der Waals surface area contributed by atoms with Crippen molar-refractivity contribution in [3.05, 3.63) is 64.1 Å². The number of carboxylic acids is 1. The molecule has 0 saturated carbocycles. The van der Waals surface area contributed by atoms with Crippen LogP contribution in [0.2, 0.25) is 0 Å². The number of benzene rings is 1. The Labute approximate surface area is 234 Å². The summed E-state index contributed by atoms with van der Waals surface area (Å²) < 4.78 is 7.74. The van der Waals surface area contributed by atoms with E-state index in [9.17, 15) is 19.5 Å². The van der Waals surface area contributed by atoms with Gasteiger partial charge in [-0.2, -0.15) is 0 Å². The number of ether oxygens (including phenoxy) is 1. The Morgan fingerprint density at radius 3 is 2.50 bits per heavy atom. The number of methoxy groups -OCH3 is 1. The predicted octanol–water partition coefficient (Wildman–Crippen LogP) is 4.78. The van der Waals surface area contributed by atoms with Crippen LogP contribution in [-0.2, 0) is 11.2 Å². The molecule has 1 aliphatic rings. The minimum absolute atomic E-state index is 0.0530. The highest BCUT2D eigenvalue weighted by molar-refractivity contribution is 5.88. The second kappa shape index (κ2) is 11.5. The Hall–Kier alpha value is -4.14. The monoisotopic (exact) mass is 546 g/mol.